The maximum atomic E-state index is 11.3. The van der Waals surface area contributed by atoms with Gasteiger partial charge in [0, 0.05) is 0 Å². The van der Waals surface area contributed by atoms with Crippen LogP contribution in [0.25, 0.3) is 0 Å². The Morgan fingerprint density at radius 2 is 2.08 bits per heavy atom. The van der Waals surface area contributed by atoms with E-state index in [2.05, 4.69) is 17.2 Å². The zero-order valence-electron chi connectivity index (χ0n) is 7.00. The summed E-state index contributed by atoms with van der Waals surface area (Å²) in [6.45, 7) is 4.15. The average Bonchev–Trinajstić information content (AvgIpc) is 2.07. The second-order valence-corrected chi connectivity index (χ2v) is 3.11. The van der Waals surface area contributed by atoms with Crippen molar-refractivity contribution >= 4 is 11.8 Å². The Hall–Kier alpha value is -1.36. The molecule has 0 aromatic carbocycles. The minimum Gasteiger partial charge on any atom is -0.349 e. The molecule has 3 fully saturated rings. The van der Waals surface area contributed by atoms with Gasteiger partial charge in [0.1, 0.15) is 6.04 Å². The van der Waals surface area contributed by atoms with Gasteiger partial charge in [0.25, 0.3) is 5.91 Å². The maximum Gasteiger partial charge on any atom is 0.271 e. The predicted octanol–water partition coefficient (Wildman–Crippen LogP) is -1.10. The largest absolute Gasteiger partial charge is 0.349 e. The van der Waals surface area contributed by atoms with Crippen LogP contribution in [0.15, 0.2) is 12.2 Å². The highest BCUT2D eigenvalue weighted by molar-refractivity contribution is 5.98. The van der Waals surface area contributed by atoms with E-state index in [9.17, 15) is 9.59 Å². The van der Waals surface area contributed by atoms with Crippen LogP contribution in [0.3, 0.4) is 0 Å². The molecule has 0 radical (unpaired) electrons. The Kier molecular flexibility index (Phi) is 1.81. The Labute approximate surface area is 75.1 Å². The second kappa shape index (κ2) is 2.85. The molecule has 2 bridgehead atoms. The first-order valence-electron chi connectivity index (χ1n) is 4.08. The molecule has 2 amide bonds. The summed E-state index contributed by atoms with van der Waals surface area (Å²) >= 11 is 0. The van der Waals surface area contributed by atoms with E-state index in [0.29, 0.717) is 18.6 Å². The molecule has 0 saturated carbocycles. The van der Waals surface area contributed by atoms with Gasteiger partial charge < -0.3 is 15.4 Å². The number of hydrogen-bond donors (Lipinski definition) is 2. The van der Waals surface area contributed by atoms with Crippen molar-refractivity contribution < 1.29 is 14.3 Å². The Balaban J connectivity index is 2.27. The van der Waals surface area contributed by atoms with Gasteiger partial charge in [-0.1, -0.05) is 6.58 Å². The van der Waals surface area contributed by atoms with E-state index in [1.54, 1.807) is 0 Å². The number of carbonyl (C=O) groups excluding carboxylic acids is 2. The third-order valence-electron chi connectivity index (χ3n) is 2.18. The van der Waals surface area contributed by atoms with Crippen LogP contribution in [0.5, 0.6) is 0 Å². The highest BCUT2D eigenvalue weighted by atomic mass is 16.5. The third-order valence-corrected chi connectivity index (χ3v) is 2.18. The van der Waals surface area contributed by atoms with Gasteiger partial charge >= 0.3 is 0 Å². The van der Waals surface area contributed by atoms with E-state index in [0.717, 1.165) is 0 Å². The van der Waals surface area contributed by atoms with Gasteiger partial charge in [-0.3, -0.25) is 9.59 Å². The van der Waals surface area contributed by atoms with Crippen LogP contribution in [0.1, 0.15) is 6.42 Å². The van der Waals surface area contributed by atoms with E-state index in [1.165, 1.54) is 0 Å². The molecule has 0 spiro atoms. The van der Waals surface area contributed by atoms with E-state index >= 15 is 0 Å². The number of carbonyl (C=O) groups is 2. The number of fused-ring (bicyclic) bond motifs is 5. The molecular weight excluding hydrogens is 172 g/mol. The van der Waals surface area contributed by atoms with Crippen LogP contribution in [0.2, 0.25) is 0 Å². The van der Waals surface area contributed by atoms with E-state index in [1.807, 2.05) is 0 Å². The summed E-state index contributed by atoms with van der Waals surface area (Å²) in [7, 11) is 0. The smallest absolute Gasteiger partial charge is 0.271 e. The van der Waals surface area contributed by atoms with Crippen molar-refractivity contribution in [3.05, 3.63) is 12.2 Å². The Morgan fingerprint density at radius 3 is 2.85 bits per heavy atom. The summed E-state index contributed by atoms with van der Waals surface area (Å²) in [5, 5.41) is 5.01. The molecule has 3 heterocycles. The Bertz CT molecular complexity index is 279. The molecule has 0 aromatic heterocycles. The zero-order valence-corrected chi connectivity index (χ0v) is 7.00. The van der Waals surface area contributed by atoms with Crippen molar-refractivity contribution in [2.24, 2.45) is 0 Å². The number of piperazine rings is 1. The van der Waals surface area contributed by atoms with Crippen LogP contribution >= 0.6 is 0 Å². The van der Waals surface area contributed by atoms with Crippen molar-refractivity contribution in [2.75, 3.05) is 6.61 Å². The van der Waals surface area contributed by atoms with Crippen LogP contribution in [-0.2, 0) is 14.3 Å². The average molecular weight is 182 g/mol. The second-order valence-electron chi connectivity index (χ2n) is 3.11. The van der Waals surface area contributed by atoms with Crippen LogP contribution in [-0.4, -0.2) is 30.7 Å². The number of nitrogens with one attached hydrogen (secondary N) is 2. The molecule has 2 atom stereocenters. The Morgan fingerprint density at radius 1 is 1.31 bits per heavy atom. The minimum atomic E-state index is -0.822. The van der Waals surface area contributed by atoms with E-state index in [4.69, 9.17) is 4.74 Å². The lowest BCUT2D eigenvalue weighted by atomic mass is 10.0. The van der Waals surface area contributed by atoms with Crippen molar-refractivity contribution in [1.29, 1.82) is 0 Å². The summed E-state index contributed by atoms with van der Waals surface area (Å²) < 4.78 is 5.12. The van der Waals surface area contributed by atoms with Gasteiger partial charge in [-0.2, -0.15) is 0 Å². The molecule has 5 nitrogen and oxygen atoms in total. The lowest BCUT2D eigenvalue weighted by molar-refractivity contribution is -0.149. The van der Waals surface area contributed by atoms with Gasteiger partial charge in [-0.05, 0) is 12.0 Å². The van der Waals surface area contributed by atoms with Crippen LogP contribution < -0.4 is 10.6 Å². The SMILES string of the molecule is C=C1CCOC2NC(=O)[C@H]1NC2=O. The number of hydrogen-bond acceptors (Lipinski definition) is 3. The van der Waals surface area contributed by atoms with Gasteiger partial charge in [0.05, 0.1) is 6.61 Å². The molecule has 3 rings (SSSR count). The predicted molar refractivity (Wildman–Crippen MR) is 43.6 cm³/mol. The molecule has 0 aromatic rings. The fourth-order valence-electron chi connectivity index (χ4n) is 1.42. The molecule has 70 valence electrons. The van der Waals surface area contributed by atoms with Gasteiger partial charge in [0.2, 0.25) is 12.1 Å². The summed E-state index contributed by atoms with van der Waals surface area (Å²) in [5.74, 6) is -0.542. The minimum absolute atomic E-state index is 0.241. The summed E-state index contributed by atoms with van der Waals surface area (Å²) in [6, 6.07) is -0.576. The molecule has 3 aliphatic heterocycles. The summed E-state index contributed by atoms with van der Waals surface area (Å²) in [4.78, 5) is 22.5. The topological polar surface area (TPSA) is 67.4 Å². The highest BCUT2D eigenvalue weighted by Gasteiger charge is 2.37. The molecule has 1 unspecified atom stereocenters. The fourth-order valence-corrected chi connectivity index (χ4v) is 1.42. The molecule has 3 aliphatic rings. The van der Waals surface area contributed by atoms with Crippen molar-refractivity contribution in [3.63, 3.8) is 0 Å². The molecule has 3 saturated heterocycles. The van der Waals surface area contributed by atoms with Gasteiger partial charge in [-0.15, -0.1) is 0 Å². The lowest BCUT2D eigenvalue weighted by Gasteiger charge is -2.33. The third kappa shape index (κ3) is 1.31. The van der Waals surface area contributed by atoms with Crippen molar-refractivity contribution in [1.82, 2.24) is 10.6 Å². The molecular formula is C8H10N2O3. The highest BCUT2D eigenvalue weighted by Crippen LogP contribution is 2.14. The number of rotatable bonds is 0. The monoisotopic (exact) mass is 182 g/mol. The molecule has 13 heavy (non-hydrogen) atoms. The standard InChI is InChI=1S/C8H10N2O3/c1-4-2-3-13-8-7(12)9-5(4)6(11)10-8/h5,8H,1-3H2,(H,9,12)(H,10,11)/t5-,8?/m0/s1. The summed E-state index contributed by atoms with van der Waals surface area (Å²) in [5.41, 5.74) is 0.684. The first-order chi connectivity index (χ1) is 6.18. The van der Waals surface area contributed by atoms with E-state index in [-0.39, 0.29) is 11.8 Å². The number of amides is 2. The van der Waals surface area contributed by atoms with E-state index < -0.39 is 12.3 Å². The fraction of sp³-hybridized carbons (Fsp3) is 0.500. The lowest BCUT2D eigenvalue weighted by Crippen LogP contribution is -2.64. The quantitative estimate of drug-likeness (QED) is 0.467. The zero-order chi connectivity index (χ0) is 9.42. The van der Waals surface area contributed by atoms with Crippen LogP contribution in [0, 0.1) is 0 Å². The first-order valence-corrected chi connectivity index (χ1v) is 4.08. The summed E-state index contributed by atoms with van der Waals surface area (Å²) in [6.07, 6.45) is -0.216. The molecule has 5 heteroatoms. The van der Waals surface area contributed by atoms with Gasteiger partial charge in [0.15, 0.2) is 0 Å². The van der Waals surface area contributed by atoms with Crippen molar-refractivity contribution in [2.45, 2.75) is 18.7 Å². The number of ether oxygens (including phenoxy) is 1. The molecule has 0 aliphatic carbocycles. The van der Waals surface area contributed by atoms with Crippen LogP contribution in [0.4, 0.5) is 0 Å². The van der Waals surface area contributed by atoms with Crippen molar-refractivity contribution in [3.8, 4) is 0 Å². The first kappa shape index (κ1) is 8.25. The normalized spacial score (nSPS) is 33.4. The molecule has 2 N–H and O–H groups in total. The maximum absolute atomic E-state index is 11.3. The van der Waals surface area contributed by atoms with Gasteiger partial charge in [-0.25, -0.2) is 0 Å².